The van der Waals surface area contributed by atoms with Gasteiger partial charge in [0.25, 0.3) is 0 Å². The average Bonchev–Trinajstić information content (AvgIpc) is 2.55. The zero-order valence-electron chi connectivity index (χ0n) is 13.1. The maximum atomic E-state index is 12.5. The van der Waals surface area contributed by atoms with Crippen molar-refractivity contribution in [1.82, 2.24) is 0 Å². The zero-order chi connectivity index (χ0) is 17.7. The highest BCUT2D eigenvalue weighted by Crippen LogP contribution is 2.29. The predicted molar refractivity (Wildman–Crippen MR) is 86.2 cm³/mol. The van der Waals surface area contributed by atoms with Gasteiger partial charge in [0.05, 0.1) is 12.7 Å². The van der Waals surface area contributed by atoms with Crippen LogP contribution in [0, 0.1) is 0 Å². The van der Waals surface area contributed by atoms with Gasteiger partial charge in [-0.05, 0) is 55.5 Å². The summed E-state index contributed by atoms with van der Waals surface area (Å²) < 4.78 is 42.5. The van der Waals surface area contributed by atoms with E-state index in [0.717, 1.165) is 17.8 Å². The molecule has 128 valence electrons. The molecular weight excluding hydrogens is 321 g/mol. The maximum Gasteiger partial charge on any atom is 0.416 e. The van der Waals surface area contributed by atoms with Crippen LogP contribution in [0.3, 0.4) is 0 Å². The van der Waals surface area contributed by atoms with E-state index in [9.17, 15) is 18.0 Å². The third kappa shape index (κ3) is 4.65. The fourth-order valence-corrected chi connectivity index (χ4v) is 2.00. The molecule has 0 saturated heterocycles. The van der Waals surface area contributed by atoms with Gasteiger partial charge in [-0.25, -0.2) is 0 Å². The van der Waals surface area contributed by atoms with Gasteiger partial charge in [-0.3, -0.25) is 4.79 Å². The summed E-state index contributed by atoms with van der Waals surface area (Å²) >= 11 is 0. The number of carbonyl (C=O) groups excluding carboxylic acids is 1. The Hall–Kier alpha value is -2.70. The van der Waals surface area contributed by atoms with Crippen LogP contribution in [0.4, 0.5) is 24.5 Å². The molecule has 1 atom stereocenters. The Balaban J connectivity index is 1.95. The molecule has 0 aliphatic carbocycles. The fraction of sp³-hybridized carbons (Fsp3) is 0.235. The Morgan fingerprint density at radius 1 is 1.00 bits per heavy atom. The highest BCUT2D eigenvalue weighted by Gasteiger charge is 2.30. The molecule has 24 heavy (non-hydrogen) atoms. The SMILES string of the molecule is COc1ccc(N[C@@H](C)C(=O)Nc2ccc(C(F)(F)F)cc2)cc1. The number of hydrogen-bond donors (Lipinski definition) is 2. The second kappa shape index (κ2) is 7.25. The first-order valence-electron chi connectivity index (χ1n) is 7.18. The van der Waals surface area contributed by atoms with E-state index in [-0.39, 0.29) is 5.91 Å². The summed E-state index contributed by atoms with van der Waals surface area (Å²) in [5.41, 5.74) is 0.271. The average molecular weight is 338 g/mol. The summed E-state index contributed by atoms with van der Waals surface area (Å²) in [6.45, 7) is 1.66. The van der Waals surface area contributed by atoms with Crippen LogP contribution in [-0.2, 0) is 11.0 Å². The zero-order valence-corrected chi connectivity index (χ0v) is 13.1. The van der Waals surface area contributed by atoms with E-state index in [1.165, 1.54) is 12.1 Å². The van der Waals surface area contributed by atoms with Gasteiger partial charge in [-0.15, -0.1) is 0 Å². The Kier molecular flexibility index (Phi) is 5.33. The van der Waals surface area contributed by atoms with E-state index in [1.807, 2.05) is 0 Å². The van der Waals surface area contributed by atoms with Gasteiger partial charge >= 0.3 is 6.18 Å². The number of nitrogens with one attached hydrogen (secondary N) is 2. The number of benzene rings is 2. The van der Waals surface area contributed by atoms with Crippen molar-refractivity contribution in [2.24, 2.45) is 0 Å². The van der Waals surface area contributed by atoms with Crippen molar-refractivity contribution in [3.63, 3.8) is 0 Å². The first-order chi connectivity index (χ1) is 11.3. The van der Waals surface area contributed by atoms with E-state index < -0.39 is 17.8 Å². The van der Waals surface area contributed by atoms with Crippen molar-refractivity contribution < 1.29 is 22.7 Å². The van der Waals surface area contributed by atoms with Crippen molar-refractivity contribution >= 4 is 17.3 Å². The lowest BCUT2D eigenvalue weighted by atomic mass is 10.2. The minimum absolute atomic E-state index is 0.302. The molecule has 2 rings (SSSR count). The van der Waals surface area contributed by atoms with Crippen LogP contribution in [0.5, 0.6) is 5.75 Å². The standard InChI is InChI=1S/C17H17F3N2O2/c1-11(21-13-7-9-15(24-2)10-8-13)16(23)22-14-5-3-12(4-6-14)17(18,19)20/h3-11,21H,1-2H3,(H,22,23)/t11-/m0/s1. The molecule has 0 radical (unpaired) electrons. The molecular formula is C17H17F3N2O2. The van der Waals surface area contributed by atoms with Gasteiger partial charge in [-0.2, -0.15) is 13.2 Å². The summed E-state index contributed by atoms with van der Waals surface area (Å²) in [4.78, 5) is 12.1. The van der Waals surface area contributed by atoms with Gasteiger partial charge in [0.2, 0.25) is 5.91 Å². The number of amides is 1. The lowest BCUT2D eigenvalue weighted by Crippen LogP contribution is -2.31. The Morgan fingerprint density at radius 2 is 1.54 bits per heavy atom. The van der Waals surface area contributed by atoms with Gasteiger partial charge in [0.15, 0.2) is 0 Å². The van der Waals surface area contributed by atoms with E-state index in [0.29, 0.717) is 11.4 Å². The molecule has 0 saturated carbocycles. The van der Waals surface area contributed by atoms with Crippen molar-refractivity contribution in [2.45, 2.75) is 19.1 Å². The van der Waals surface area contributed by atoms with E-state index in [4.69, 9.17) is 4.74 Å². The van der Waals surface area contributed by atoms with Crippen LogP contribution in [-0.4, -0.2) is 19.1 Å². The van der Waals surface area contributed by atoms with Crippen LogP contribution in [0.25, 0.3) is 0 Å². The van der Waals surface area contributed by atoms with Crippen molar-refractivity contribution in [3.05, 3.63) is 54.1 Å². The van der Waals surface area contributed by atoms with Crippen molar-refractivity contribution in [3.8, 4) is 5.75 Å². The van der Waals surface area contributed by atoms with Crippen LogP contribution >= 0.6 is 0 Å². The van der Waals surface area contributed by atoms with Gasteiger partial charge < -0.3 is 15.4 Å². The Labute approximate surface area is 137 Å². The van der Waals surface area contributed by atoms with Gasteiger partial charge in [0, 0.05) is 11.4 Å². The summed E-state index contributed by atoms with van der Waals surface area (Å²) in [6.07, 6.45) is -4.40. The highest BCUT2D eigenvalue weighted by atomic mass is 19.4. The van der Waals surface area contributed by atoms with Crippen LogP contribution in [0.2, 0.25) is 0 Å². The molecule has 0 unspecified atom stereocenters. The summed E-state index contributed by atoms with van der Waals surface area (Å²) in [7, 11) is 1.56. The molecule has 0 spiro atoms. The Bertz CT molecular complexity index is 682. The minimum atomic E-state index is -4.40. The number of carbonyl (C=O) groups is 1. The normalized spacial score (nSPS) is 12.4. The summed E-state index contributed by atoms with van der Waals surface area (Å²) in [5, 5.41) is 5.57. The molecule has 0 bridgehead atoms. The largest absolute Gasteiger partial charge is 0.497 e. The van der Waals surface area contributed by atoms with Gasteiger partial charge in [0.1, 0.15) is 11.8 Å². The van der Waals surface area contributed by atoms with E-state index in [2.05, 4.69) is 10.6 Å². The molecule has 0 fully saturated rings. The number of hydrogen-bond acceptors (Lipinski definition) is 3. The second-order valence-corrected chi connectivity index (χ2v) is 5.16. The molecule has 1 amide bonds. The first kappa shape index (κ1) is 17.7. The van der Waals surface area contributed by atoms with Crippen LogP contribution in [0.15, 0.2) is 48.5 Å². The fourth-order valence-electron chi connectivity index (χ4n) is 2.00. The highest BCUT2D eigenvalue weighted by molar-refractivity contribution is 5.96. The molecule has 0 heterocycles. The number of rotatable bonds is 5. The molecule has 7 heteroatoms. The topological polar surface area (TPSA) is 50.4 Å². The van der Waals surface area contributed by atoms with E-state index in [1.54, 1.807) is 38.3 Å². The second-order valence-electron chi connectivity index (χ2n) is 5.16. The number of halogens is 3. The minimum Gasteiger partial charge on any atom is -0.497 e. The summed E-state index contributed by atoms with van der Waals surface area (Å²) in [5.74, 6) is 0.341. The summed E-state index contributed by atoms with van der Waals surface area (Å²) in [6, 6.07) is 10.8. The molecule has 2 aromatic rings. The van der Waals surface area contributed by atoms with Gasteiger partial charge in [-0.1, -0.05) is 0 Å². The molecule has 2 aromatic carbocycles. The predicted octanol–water partition coefficient (Wildman–Crippen LogP) is 4.15. The molecule has 0 aliphatic rings. The number of ether oxygens (including phenoxy) is 1. The molecule has 0 aromatic heterocycles. The van der Waals surface area contributed by atoms with E-state index >= 15 is 0 Å². The van der Waals surface area contributed by atoms with Crippen LogP contribution in [0.1, 0.15) is 12.5 Å². The smallest absolute Gasteiger partial charge is 0.416 e. The molecule has 2 N–H and O–H groups in total. The third-order valence-corrected chi connectivity index (χ3v) is 3.35. The lowest BCUT2D eigenvalue weighted by Gasteiger charge is -2.16. The van der Waals surface area contributed by atoms with Crippen molar-refractivity contribution in [2.75, 3.05) is 17.7 Å². The third-order valence-electron chi connectivity index (χ3n) is 3.35. The molecule has 4 nitrogen and oxygen atoms in total. The monoisotopic (exact) mass is 338 g/mol. The number of anilines is 2. The number of alkyl halides is 3. The quantitative estimate of drug-likeness (QED) is 0.861. The lowest BCUT2D eigenvalue weighted by molar-refractivity contribution is -0.137. The maximum absolute atomic E-state index is 12.5. The Morgan fingerprint density at radius 3 is 2.04 bits per heavy atom. The number of methoxy groups -OCH3 is 1. The molecule has 0 aliphatic heterocycles. The first-order valence-corrected chi connectivity index (χ1v) is 7.18. The van der Waals surface area contributed by atoms with Crippen LogP contribution < -0.4 is 15.4 Å². The van der Waals surface area contributed by atoms with Crippen molar-refractivity contribution in [1.29, 1.82) is 0 Å².